The Morgan fingerprint density at radius 2 is 2.25 bits per heavy atom. The minimum atomic E-state index is -1.18. The van der Waals surface area contributed by atoms with Crippen molar-refractivity contribution in [3.63, 3.8) is 0 Å². The fraction of sp³-hybridized carbons (Fsp3) is 0.750. The van der Waals surface area contributed by atoms with Crippen LogP contribution in [0.15, 0.2) is 0 Å². The van der Waals surface area contributed by atoms with Crippen molar-refractivity contribution in [1.29, 1.82) is 0 Å². The van der Waals surface area contributed by atoms with Crippen LogP contribution in [0.25, 0.3) is 0 Å². The Bertz CT molecular complexity index is 74.4. The molecule has 0 heterocycles. The molecule has 0 amide bonds. The summed E-state index contributed by atoms with van der Waals surface area (Å²) in [6, 6.07) is -0.792. The zero-order valence-corrected chi connectivity index (χ0v) is 5.18. The summed E-state index contributed by atoms with van der Waals surface area (Å²) in [6.07, 6.45) is 0.433. The quantitative estimate of drug-likeness (QED) is 0.480. The van der Waals surface area contributed by atoms with Gasteiger partial charge in [0.15, 0.2) is 0 Å². The van der Waals surface area contributed by atoms with Gasteiger partial charge in [-0.15, -0.1) is 0 Å². The van der Waals surface area contributed by atoms with E-state index in [-0.39, 0.29) is 6.15 Å². The molecule has 0 spiro atoms. The summed E-state index contributed by atoms with van der Waals surface area (Å²) in [4.78, 5) is 9.69. The number of carbonyl (C=O) groups excluding carboxylic acids is 1. The lowest BCUT2D eigenvalue weighted by Crippen LogP contribution is -2.41. The first-order valence-corrected chi connectivity index (χ1v) is 2.15. The zero-order valence-electron chi connectivity index (χ0n) is 5.18. The molecule has 8 heavy (non-hydrogen) atoms. The van der Waals surface area contributed by atoms with Crippen LogP contribution < -0.4 is 17.0 Å². The van der Waals surface area contributed by atoms with Crippen molar-refractivity contribution in [1.82, 2.24) is 6.15 Å². The van der Waals surface area contributed by atoms with Gasteiger partial charge in [-0.1, -0.05) is 6.92 Å². The Labute approximate surface area is 48.3 Å². The van der Waals surface area contributed by atoms with E-state index in [4.69, 9.17) is 5.73 Å². The molecule has 0 saturated carbocycles. The van der Waals surface area contributed by atoms with Gasteiger partial charge >= 0.3 is 0 Å². The van der Waals surface area contributed by atoms with Gasteiger partial charge in [0, 0.05) is 6.04 Å². The molecule has 0 aliphatic carbocycles. The van der Waals surface area contributed by atoms with Gasteiger partial charge < -0.3 is 21.8 Å². The summed E-state index contributed by atoms with van der Waals surface area (Å²) in [6.45, 7) is 1.69. The Morgan fingerprint density at radius 3 is 2.25 bits per heavy atom. The number of carbonyl (C=O) groups is 1. The standard InChI is InChI=1S/C4H9NO2.H3N/c1-2-3(5)4(6)7;/h3H,2,5H2,1H3,(H,6,7);1H3. The third-order valence-corrected chi connectivity index (χ3v) is 0.743. The highest BCUT2D eigenvalue weighted by molar-refractivity contribution is 5.70. The number of hydrogen-bond acceptors (Lipinski definition) is 3. The lowest BCUT2D eigenvalue weighted by molar-refractivity contribution is -0.307. The van der Waals surface area contributed by atoms with Crippen molar-refractivity contribution in [2.75, 3.05) is 0 Å². The van der Waals surface area contributed by atoms with Gasteiger partial charge in [-0.2, -0.15) is 0 Å². The summed E-state index contributed by atoms with van der Waals surface area (Å²) >= 11 is 0. The molecule has 0 bridgehead atoms. The molecule has 0 fully saturated rings. The SMILES string of the molecule is CCC(N)C(=O)[O-].[NH4+]. The summed E-state index contributed by atoms with van der Waals surface area (Å²) in [5.41, 5.74) is 4.95. The van der Waals surface area contributed by atoms with E-state index in [1.807, 2.05) is 0 Å². The Hall–Kier alpha value is -0.610. The highest BCUT2D eigenvalue weighted by Crippen LogP contribution is 1.79. The minimum Gasteiger partial charge on any atom is -0.548 e. The molecule has 1 unspecified atom stereocenters. The van der Waals surface area contributed by atoms with Gasteiger partial charge in [-0.3, -0.25) is 0 Å². The molecule has 4 heteroatoms. The molecule has 0 rings (SSSR count). The van der Waals surface area contributed by atoms with E-state index in [1.54, 1.807) is 6.92 Å². The lowest BCUT2D eigenvalue weighted by Gasteiger charge is -2.06. The molecule has 0 aromatic carbocycles. The van der Waals surface area contributed by atoms with Crippen LogP contribution in [0.4, 0.5) is 0 Å². The first kappa shape index (κ1) is 10.4. The van der Waals surface area contributed by atoms with Crippen LogP contribution >= 0.6 is 0 Å². The van der Waals surface area contributed by atoms with Crippen molar-refractivity contribution in [3.8, 4) is 0 Å². The Morgan fingerprint density at radius 1 is 1.88 bits per heavy atom. The number of nitrogens with two attached hydrogens (primary N) is 1. The van der Waals surface area contributed by atoms with E-state index in [9.17, 15) is 9.90 Å². The molecule has 4 nitrogen and oxygen atoms in total. The predicted octanol–water partition coefficient (Wildman–Crippen LogP) is -1.15. The van der Waals surface area contributed by atoms with Crippen molar-refractivity contribution in [2.45, 2.75) is 19.4 Å². The maximum absolute atomic E-state index is 9.69. The molecular formula is C4H12N2O2. The van der Waals surface area contributed by atoms with Crippen molar-refractivity contribution in [2.24, 2.45) is 5.73 Å². The number of carboxylic acids is 1. The van der Waals surface area contributed by atoms with E-state index in [0.717, 1.165) is 0 Å². The maximum Gasteiger partial charge on any atom is 0.0582 e. The predicted molar refractivity (Wildman–Crippen MR) is 29.3 cm³/mol. The normalized spacial score (nSPS) is 11.8. The second-order valence-corrected chi connectivity index (χ2v) is 1.33. The molecule has 0 aromatic rings. The van der Waals surface area contributed by atoms with Crippen LogP contribution in [0.2, 0.25) is 0 Å². The Balaban J connectivity index is 0. The molecule has 0 aliphatic rings. The highest BCUT2D eigenvalue weighted by atomic mass is 16.4. The van der Waals surface area contributed by atoms with Crippen LogP contribution in [-0.4, -0.2) is 12.0 Å². The number of aliphatic carboxylic acids is 1. The number of quaternary nitrogens is 1. The smallest absolute Gasteiger partial charge is 0.0582 e. The van der Waals surface area contributed by atoms with E-state index in [1.165, 1.54) is 0 Å². The zero-order chi connectivity index (χ0) is 5.86. The molecule has 50 valence electrons. The van der Waals surface area contributed by atoms with Gasteiger partial charge in [-0.05, 0) is 6.42 Å². The van der Waals surface area contributed by atoms with E-state index in [2.05, 4.69) is 0 Å². The Kier molecular flexibility index (Phi) is 5.90. The monoisotopic (exact) mass is 120 g/mol. The maximum atomic E-state index is 9.69. The fourth-order valence-corrected chi connectivity index (χ4v) is 0.167. The third kappa shape index (κ3) is 3.58. The van der Waals surface area contributed by atoms with Gasteiger partial charge in [-0.25, -0.2) is 0 Å². The molecule has 6 N–H and O–H groups in total. The van der Waals surface area contributed by atoms with Crippen LogP contribution in [-0.2, 0) is 4.79 Å². The number of rotatable bonds is 2. The van der Waals surface area contributed by atoms with Gasteiger partial charge in [0.2, 0.25) is 0 Å². The minimum absolute atomic E-state index is 0. The number of hydrogen-bond donors (Lipinski definition) is 2. The second-order valence-electron chi connectivity index (χ2n) is 1.33. The van der Waals surface area contributed by atoms with Crippen molar-refractivity contribution < 1.29 is 9.90 Å². The molecular weight excluding hydrogens is 108 g/mol. The molecule has 0 radical (unpaired) electrons. The van der Waals surface area contributed by atoms with Crippen molar-refractivity contribution >= 4 is 5.97 Å². The summed E-state index contributed by atoms with van der Waals surface area (Å²) in [5.74, 6) is -1.18. The second kappa shape index (κ2) is 4.55. The van der Waals surface area contributed by atoms with Gasteiger partial charge in [0.05, 0.1) is 5.97 Å². The number of carboxylic acid groups (broad SMARTS) is 1. The average Bonchev–Trinajstić information content (AvgIpc) is 1.65. The molecule has 1 atom stereocenters. The van der Waals surface area contributed by atoms with E-state index >= 15 is 0 Å². The third-order valence-electron chi connectivity index (χ3n) is 0.743. The first-order valence-electron chi connectivity index (χ1n) is 2.15. The van der Waals surface area contributed by atoms with Crippen LogP contribution in [0, 0.1) is 0 Å². The first-order chi connectivity index (χ1) is 3.18. The van der Waals surface area contributed by atoms with E-state index in [0.29, 0.717) is 6.42 Å². The highest BCUT2D eigenvalue weighted by Gasteiger charge is 1.94. The molecule has 0 aliphatic heterocycles. The van der Waals surface area contributed by atoms with Crippen LogP contribution in [0.5, 0.6) is 0 Å². The summed E-state index contributed by atoms with van der Waals surface area (Å²) < 4.78 is 0. The average molecular weight is 120 g/mol. The van der Waals surface area contributed by atoms with Gasteiger partial charge in [0.25, 0.3) is 0 Å². The van der Waals surface area contributed by atoms with Gasteiger partial charge in [0.1, 0.15) is 0 Å². The molecule has 0 aromatic heterocycles. The summed E-state index contributed by atoms with van der Waals surface area (Å²) in [7, 11) is 0. The topological polar surface area (TPSA) is 103 Å². The van der Waals surface area contributed by atoms with Crippen LogP contribution in [0.3, 0.4) is 0 Å². The molecule has 0 saturated heterocycles. The van der Waals surface area contributed by atoms with E-state index < -0.39 is 12.0 Å². The lowest BCUT2D eigenvalue weighted by atomic mass is 10.2. The van der Waals surface area contributed by atoms with Crippen molar-refractivity contribution in [3.05, 3.63) is 0 Å². The summed E-state index contributed by atoms with van der Waals surface area (Å²) in [5, 5.41) is 9.69. The fourth-order valence-electron chi connectivity index (χ4n) is 0.167. The largest absolute Gasteiger partial charge is 0.548 e. The van der Waals surface area contributed by atoms with Crippen LogP contribution in [0.1, 0.15) is 13.3 Å².